The maximum atomic E-state index is 5.04. The third kappa shape index (κ3) is 2.10. The first kappa shape index (κ1) is 14.3. The molecule has 1 atom stereocenters. The first-order valence-electron chi connectivity index (χ1n) is 8.43. The van der Waals surface area contributed by atoms with Crippen molar-refractivity contribution in [1.29, 1.82) is 0 Å². The second kappa shape index (κ2) is 4.99. The van der Waals surface area contributed by atoms with Crippen LogP contribution in [0.4, 0.5) is 0 Å². The Kier molecular flexibility index (Phi) is 2.86. The minimum atomic E-state index is -0.156. The van der Waals surface area contributed by atoms with Gasteiger partial charge in [-0.25, -0.2) is 0 Å². The lowest BCUT2D eigenvalue weighted by Gasteiger charge is -2.29. The Morgan fingerprint density at radius 2 is 1.72 bits per heavy atom. The molecular formula is C19H18N6. The Labute approximate surface area is 145 Å². The fraction of sp³-hybridized carbons (Fsp3) is 0.263. The summed E-state index contributed by atoms with van der Waals surface area (Å²) < 4.78 is 0. The lowest BCUT2D eigenvalue weighted by molar-refractivity contribution is 0.322. The van der Waals surface area contributed by atoms with Crippen molar-refractivity contribution < 1.29 is 0 Å². The fourth-order valence-electron chi connectivity index (χ4n) is 3.93. The zero-order chi connectivity index (χ0) is 17.0. The molecule has 0 saturated carbocycles. The molecule has 1 unspecified atom stereocenters. The second-order valence-corrected chi connectivity index (χ2v) is 7.18. The Hall–Kier alpha value is -3.02. The molecule has 0 amide bonds. The van der Waals surface area contributed by atoms with E-state index < -0.39 is 0 Å². The Balaban J connectivity index is 1.85. The van der Waals surface area contributed by atoms with Gasteiger partial charge < -0.3 is 4.90 Å². The van der Waals surface area contributed by atoms with Gasteiger partial charge in [0.2, 0.25) is 5.82 Å². The molecule has 5 rings (SSSR count). The molecule has 1 aromatic heterocycles. The molecule has 0 radical (unpaired) electrons. The van der Waals surface area contributed by atoms with E-state index in [1.54, 1.807) is 0 Å². The number of H-pyrrole nitrogens is 1. The number of benzene rings is 2. The highest BCUT2D eigenvalue weighted by Crippen LogP contribution is 2.43. The lowest BCUT2D eigenvalue weighted by Crippen LogP contribution is -2.36. The number of rotatable bonds is 1. The first-order chi connectivity index (χ1) is 12.1. The molecular weight excluding hydrogens is 312 g/mol. The molecule has 6 nitrogen and oxygen atoms in total. The van der Waals surface area contributed by atoms with Gasteiger partial charge in [0.05, 0.1) is 5.54 Å². The predicted octanol–water partition coefficient (Wildman–Crippen LogP) is 2.81. The van der Waals surface area contributed by atoms with E-state index in [9.17, 15) is 0 Å². The van der Waals surface area contributed by atoms with Crippen molar-refractivity contribution in [3.05, 3.63) is 65.5 Å². The van der Waals surface area contributed by atoms with Gasteiger partial charge in [0, 0.05) is 12.1 Å². The van der Waals surface area contributed by atoms with Crippen molar-refractivity contribution >= 4 is 5.84 Å². The third-order valence-electron chi connectivity index (χ3n) is 4.87. The minimum Gasteiger partial charge on any atom is -0.339 e. The molecule has 1 N–H and O–H groups in total. The zero-order valence-electron chi connectivity index (χ0n) is 14.1. The molecule has 2 aliphatic rings. The first-order valence-corrected chi connectivity index (χ1v) is 8.43. The summed E-state index contributed by atoms with van der Waals surface area (Å²) in [7, 11) is 0. The van der Waals surface area contributed by atoms with Crippen molar-refractivity contribution in [2.24, 2.45) is 4.99 Å². The van der Waals surface area contributed by atoms with E-state index in [4.69, 9.17) is 4.99 Å². The van der Waals surface area contributed by atoms with Crippen LogP contribution in [-0.2, 0) is 0 Å². The fourth-order valence-corrected chi connectivity index (χ4v) is 3.93. The molecule has 2 aliphatic heterocycles. The molecule has 3 aromatic rings. The van der Waals surface area contributed by atoms with E-state index in [1.807, 2.05) is 0 Å². The molecule has 0 bridgehead atoms. The highest BCUT2D eigenvalue weighted by atomic mass is 15.5. The number of aliphatic imine (C=N–C) groups is 1. The van der Waals surface area contributed by atoms with E-state index in [-0.39, 0.29) is 11.6 Å². The SMILES string of the molecule is CC1(C)CN2C(=N1)c1ccccc1-c1ccccc1C2c1nn[nH]n1. The maximum Gasteiger partial charge on any atom is 0.201 e. The summed E-state index contributed by atoms with van der Waals surface area (Å²) in [5, 5.41) is 15.0. The molecule has 2 aromatic carbocycles. The summed E-state index contributed by atoms with van der Waals surface area (Å²) in [6, 6.07) is 16.8. The maximum absolute atomic E-state index is 5.04. The molecule has 124 valence electrons. The summed E-state index contributed by atoms with van der Waals surface area (Å²) in [4.78, 5) is 7.36. The minimum absolute atomic E-state index is 0.108. The van der Waals surface area contributed by atoms with Crippen LogP contribution in [0, 0.1) is 0 Å². The van der Waals surface area contributed by atoms with Gasteiger partial charge in [-0.3, -0.25) is 4.99 Å². The predicted molar refractivity (Wildman–Crippen MR) is 95.2 cm³/mol. The van der Waals surface area contributed by atoms with Gasteiger partial charge in [-0.2, -0.15) is 5.21 Å². The van der Waals surface area contributed by atoms with Gasteiger partial charge in [0.15, 0.2) is 0 Å². The van der Waals surface area contributed by atoms with Gasteiger partial charge in [0.25, 0.3) is 0 Å². The van der Waals surface area contributed by atoms with Crippen LogP contribution in [0.25, 0.3) is 11.1 Å². The van der Waals surface area contributed by atoms with Gasteiger partial charge in [0.1, 0.15) is 11.9 Å². The molecule has 0 saturated heterocycles. The number of aromatic nitrogens is 4. The van der Waals surface area contributed by atoms with Crippen LogP contribution in [0.2, 0.25) is 0 Å². The number of fused-ring (bicyclic) bond motifs is 5. The van der Waals surface area contributed by atoms with Crippen molar-refractivity contribution in [3.63, 3.8) is 0 Å². The van der Waals surface area contributed by atoms with Crippen LogP contribution in [0.5, 0.6) is 0 Å². The van der Waals surface area contributed by atoms with Crippen molar-refractivity contribution in [3.8, 4) is 11.1 Å². The molecule has 0 fully saturated rings. The Morgan fingerprint density at radius 3 is 2.48 bits per heavy atom. The summed E-state index contributed by atoms with van der Waals surface area (Å²) in [6.07, 6.45) is 0. The largest absolute Gasteiger partial charge is 0.339 e. The summed E-state index contributed by atoms with van der Waals surface area (Å²) in [5.74, 6) is 1.68. The second-order valence-electron chi connectivity index (χ2n) is 7.18. The molecule has 3 heterocycles. The van der Waals surface area contributed by atoms with Gasteiger partial charge in [-0.15, -0.1) is 10.2 Å². The average molecular weight is 330 g/mol. The molecule has 0 spiro atoms. The van der Waals surface area contributed by atoms with Crippen molar-refractivity contribution in [2.45, 2.75) is 25.4 Å². The number of hydrogen-bond donors (Lipinski definition) is 1. The van der Waals surface area contributed by atoms with Crippen LogP contribution in [-0.4, -0.2) is 43.4 Å². The zero-order valence-corrected chi connectivity index (χ0v) is 14.1. The molecule has 6 heteroatoms. The quantitative estimate of drug-likeness (QED) is 0.745. The van der Waals surface area contributed by atoms with E-state index in [0.717, 1.165) is 17.9 Å². The highest BCUT2D eigenvalue weighted by molar-refractivity contribution is 6.07. The topological polar surface area (TPSA) is 70.1 Å². The highest BCUT2D eigenvalue weighted by Gasteiger charge is 2.42. The molecule has 0 aliphatic carbocycles. The van der Waals surface area contributed by atoms with E-state index in [2.05, 4.69) is 87.9 Å². The number of tetrazole rings is 1. The molecule has 25 heavy (non-hydrogen) atoms. The van der Waals surface area contributed by atoms with Crippen LogP contribution in [0.1, 0.15) is 36.8 Å². The monoisotopic (exact) mass is 330 g/mol. The smallest absolute Gasteiger partial charge is 0.201 e. The standard InChI is InChI=1S/C19H18N6/c1-19(2)11-25-16(17-21-23-24-22-17)14-9-5-3-7-12(14)13-8-4-6-10-15(13)18(25)20-19/h3-10,16H,11H2,1-2H3,(H,21,22,23,24). The number of hydrogen-bond acceptors (Lipinski definition) is 5. The van der Waals surface area contributed by atoms with Crippen molar-refractivity contribution in [2.75, 3.05) is 6.54 Å². The van der Waals surface area contributed by atoms with Crippen LogP contribution >= 0.6 is 0 Å². The van der Waals surface area contributed by atoms with Crippen LogP contribution < -0.4 is 0 Å². The number of nitrogens with one attached hydrogen (secondary N) is 1. The van der Waals surface area contributed by atoms with E-state index in [1.165, 1.54) is 16.7 Å². The lowest BCUT2D eigenvalue weighted by atomic mass is 9.93. The van der Waals surface area contributed by atoms with Crippen molar-refractivity contribution in [1.82, 2.24) is 25.5 Å². The number of aromatic amines is 1. The summed E-state index contributed by atoms with van der Waals surface area (Å²) in [6.45, 7) is 5.14. The van der Waals surface area contributed by atoms with Gasteiger partial charge in [-0.1, -0.05) is 53.7 Å². The average Bonchev–Trinajstić information content (AvgIpc) is 3.22. The van der Waals surface area contributed by atoms with Gasteiger partial charge in [-0.05, 0) is 30.5 Å². The Morgan fingerprint density at radius 1 is 1.00 bits per heavy atom. The number of nitrogens with zero attached hydrogens (tertiary/aromatic N) is 5. The number of amidine groups is 1. The van der Waals surface area contributed by atoms with E-state index in [0.29, 0.717) is 5.82 Å². The van der Waals surface area contributed by atoms with Gasteiger partial charge >= 0.3 is 0 Å². The van der Waals surface area contributed by atoms with Crippen LogP contribution in [0.3, 0.4) is 0 Å². The van der Waals surface area contributed by atoms with E-state index >= 15 is 0 Å². The normalized spacial score (nSPS) is 20.3. The third-order valence-corrected chi connectivity index (χ3v) is 4.87. The summed E-state index contributed by atoms with van der Waals surface area (Å²) in [5.41, 5.74) is 4.58. The van der Waals surface area contributed by atoms with Crippen LogP contribution in [0.15, 0.2) is 53.5 Å². The Bertz CT molecular complexity index is 973. The summed E-state index contributed by atoms with van der Waals surface area (Å²) >= 11 is 0.